The summed E-state index contributed by atoms with van der Waals surface area (Å²) in [4.78, 5) is 52.0. The van der Waals surface area contributed by atoms with E-state index in [4.69, 9.17) is 4.74 Å². The number of ether oxygens (including phenoxy) is 1. The number of aromatic nitrogens is 2. The maximum Gasteiger partial charge on any atom is 0.328 e. The molecule has 2 aliphatic rings. The molecule has 3 rings (SSSR count). The van der Waals surface area contributed by atoms with Gasteiger partial charge in [0.2, 0.25) is 11.8 Å². The van der Waals surface area contributed by atoms with Crippen molar-refractivity contribution in [1.82, 2.24) is 19.8 Å². The molecule has 1 aliphatic heterocycles. The van der Waals surface area contributed by atoms with E-state index < -0.39 is 11.2 Å². The van der Waals surface area contributed by atoms with Crippen LogP contribution in [0.4, 0.5) is 0 Å². The highest BCUT2D eigenvalue weighted by molar-refractivity contribution is 5.80. The summed E-state index contributed by atoms with van der Waals surface area (Å²) in [5.74, 6) is -0.358. The number of aryl methyl sites for hydroxylation is 1. The second-order valence-corrected chi connectivity index (χ2v) is 6.91. The number of nitrogens with zero attached hydrogens (tertiary/aromatic N) is 2. The molecule has 0 unspecified atom stereocenters. The van der Waals surface area contributed by atoms with Gasteiger partial charge in [-0.25, -0.2) is 4.79 Å². The van der Waals surface area contributed by atoms with Crippen molar-refractivity contribution in [1.29, 1.82) is 0 Å². The quantitative estimate of drug-likeness (QED) is 0.705. The summed E-state index contributed by atoms with van der Waals surface area (Å²) < 4.78 is 6.61. The molecule has 9 heteroatoms. The second-order valence-electron chi connectivity index (χ2n) is 6.91. The van der Waals surface area contributed by atoms with Crippen molar-refractivity contribution in [2.75, 3.05) is 19.8 Å². The minimum absolute atomic E-state index is 0.0833. The summed E-state index contributed by atoms with van der Waals surface area (Å²) >= 11 is 0. The van der Waals surface area contributed by atoms with Gasteiger partial charge in [0.25, 0.3) is 5.56 Å². The van der Waals surface area contributed by atoms with Crippen LogP contribution >= 0.6 is 0 Å². The van der Waals surface area contributed by atoms with Gasteiger partial charge in [0.05, 0.1) is 19.3 Å². The van der Waals surface area contributed by atoms with E-state index >= 15 is 0 Å². The molecule has 2 fully saturated rings. The number of morpholine rings is 1. The molecular formula is C17H24N4O5. The second kappa shape index (κ2) is 7.86. The fraction of sp³-hybridized carbons (Fsp3) is 0.647. The molecule has 142 valence electrons. The lowest BCUT2D eigenvalue weighted by Crippen LogP contribution is -2.53. The third-order valence-electron chi connectivity index (χ3n) is 4.93. The lowest BCUT2D eigenvalue weighted by molar-refractivity contribution is -0.142. The third kappa shape index (κ3) is 4.21. The molecule has 1 saturated heterocycles. The zero-order valence-corrected chi connectivity index (χ0v) is 14.8. The molecule has 1 aromatic heterocycles. The van der Waals surface area contributed by atoms with Crippen molar-refractivity contribution in [2.45, 2.75) is 51.2 Å². The van der Waals surface area contributed by atoms with Gasteiger partial charge < -0.3 is 15.0 Å². The van der Waals surface area contributed by atoms with Crippen LogP contribution in [0.1, 0.15) is 31.2 Å². The van der Waals surface area contributed by atoms with Crippen LogP contribution in [-0.4, -0.2) is 58.1 Å². The predicted molar refractivity (Wildman–Crippen MR) is 92.8 cm³/mol. The molecule has 9 nitrogen and oxygen atoms in total. The van der Waals surface area contributed by atoms with E-state index in [9.17, 15) is 19.2 Å². The topological polar surface area (TPSA) is 114 Å². The van der Waals surface area contributed by atoms with E-state index in [1.807, 2.05) is 0 Å². The van der Waals surface area contributed by atoms with Gasteiger partial charge in [-0.1, -0.05) is 0 Å². The smallest absolute Gasteiger partial charge is 0.328 e. The Bertz CT molecular complexity index is 795. The van der Waals surface area contributed by atoms with E-state index in [-0.39, 0.29) is 36.9 Å². The van der Waals surface area contributed by atoms with Crippen LogP contribution in [0.5, 0.6) is 0 Å². The number of amides is 2. The molecule has 1 saturated carbocycles. The summed E-state index contributed by atoms with van der Waals surface area (Å²) in [6.45, 7) is 2.45. The summed E-state index contributed by atoms with van der Waals surface area (Å²) in [7, 11) is 0. The Morgan fingerprint density at radius 1 is 1.35 bits per heavy atom. The molecule has 0 radical (unpaired) electrons. The number of carbonyl (C=O) groups is 2. The first kappa shape index (κ1) is 18.4. The van der Waals surface area contributed by atoms with Crippen LogP contribution < -0.4 is 16.6 Å². The van der Waals surface area contributed by atoms with Gasteiger partial charge >= 0.3 is 5.69 Å². The standard InChI is InChI=1S/C17H24N4O5/c1-11-8-20(17(25)19-16(11)24)9-15(23)21-5-6-26-10-13(21)7-14(22)18-12-3-2-4-12/h8,12-13H,2-7,9-10H2,1H3,(H,18,22)(H,19,24,25)/t13-/m0/s1. The van der Waals surface area contributed by atoms with Crippen LogP contribution in [0.15, 0.2) is 15.8 Å². The first-order valence-corrected chi connectivity index (χ1v) is 8.91. The fourth-order valence-electron chi connectivity index (χ4n) is 3.18. The number of rotatable bonds is 5. The average molecular weight is 364 g/mol. The first-order valence-electron chi connectivity index (χ1n) is 8.91. The Kier molecular flexibility index (Phi) is 5.55. The zero-order chi connectivity index (χ0) is 18.7. The number of aromatic amines is 1. The monoisotopic (exact) mass is 364 g/mol. The molecule has 2 N–H and O–H groups in total. The number of hydrogen-bond donors (Lipinski definition) is 2. The number of nitrogens with one attached hydrogen (secondary N) is 2. The normalized spacial score (nSPS) is 20.5. The molecule has 1 aliphatic carbocycles. The third-order valence-corrected chi connectivity index (χ3v) is 4.93. The Morgan fingerprint density at radius 3 is 2.81 bits per heavy atom. The predicted octanol–water partition coefficient (Wildman–Crippen LogP) is -0.869. The van der Waals surface area contributed by atoms with E-state index in [0.29, 0.717) is 25.3 Å². The molecule has 1 aromatic rings. The molecule has 0 bridgehead atoms. The van der Waals surface area contributed by atoms with Crippen molar-refractivity contribution < 1.29 is 14.3 Å². The van der Waals surface area contributed by atoms with Crippen LogP contribution in [0, 0.1) is 6.92 Å². The summed E-state index contributed by atoms with van der Waals surface area (Å²) in [6.07, 6.45) is 4.70. The van der Waals surface area contributed by atoms with Gasteiger partial charge in [0.1, 0.15) is 6.54 Å². The van der Waals surface area contributed by atoms with Gasteiger partial charge in [-0.15, -0.1) is 0 Å². The molecule has 2 heterocycles. The summed E-state index contributed by atoms with van der Waals surface area (Å²) in [5, 5.41) is 2.97. The summed E-state index contributed by atoms with van der Waals surface area (Å²) in [6, 6.07) is -0.102. The zero-order valence-electron chi connectivity index (χ0n) is 14.8. The van der Waals surface area contributed by atoms with Crippen molar-refractivity contribution in [3.63, 3.8) is 0 Å². The van der Waals surface area contributed by atoms with Gasteiger partial charge in [-0.05, 0) is 26.2 Å². The van der Waals surface area contributed by atoms with Crippen molar-refractivity contribution in [2.24, 2.45) is 0 Å². The van der Waals surface area contributed by atoms with Gasteiger partial charge in [-0.2, -0.15) is 0 Å². The number of hydrogen-bond acceptors (Lipinski definition) is 5. The lowest BCUT2D eigenvalue weighted by Gasteiger charge is -2.36. The number of carbonyl (C=O) groups excluding carboxylic acids is 2. The van der Waals surface area contributed by atoms with Crippen molar-refractivity contribution >= 4 is 11.8 Å². The van der Waals surface area contributed by atoms with Gasteiger partial charge in [0, 0.05) is 30.8 Å². The average Bonchev–Trinajstić information content (AvgIpc) is 2.56. The minimum Gasteiger partial charge on any atom is -0.377 e. The highest BCUT2D eigenvalue weighted by Gasteiger charge is 2.30. The van der Waals surface area contributed by atoms with Gasteiger partial charge in [0.15, 0.2) is 0 Å². The highest BCUT2D eigenvalue weighted by Crippen LogP contribution is 2.19. The van der Waals surface area contributed by atoms with Crippen molar-refractivity contribution in [3.05, 3.63) is 32.6 Å². The van der Waals surface area contributed by atoms with E-state index in [0.717, 1.165) is 19.3 Å². The van der Waals surface area contributed by atoms with Crippen molar-refractivity contribution in [3.8, 4) is 0 Å². The Morgan fingerprint density at radius 2 is 2.12 bits per heavy atom. The summed E-state index contributed by atoms with van der Waals surface area (Å²) in [5.41, 5.74) is -0.729. The van der Waals surface area contributed by atoms with Crippen LogP contribution in [0.2, 0.25) is 0 Å². The molecular weight excluding hydrogens is 340 g/mol. The van der Waals surface area contributed by atoms with E-state index in [1.54, 1.807) is 11.8 Å². The van der Waals surface area contributed by atoms with Crippen LogP contribution in [-0.2, 0) is 20.9 Å². The number of H-pyrrole nitrogens is 1. The fourth-order valence-corrected chi connectivity index (χ4v) is 3.18. The molecule has 26 heavy (non-hydrogen) atoms. The van der Waals surface area contributed by atoms with Gasteiger partial charge in [-0.3, -0.25) is 23.9 Å². The molecule has 1 atom stereocenters. The highest BCUT2D eigenvalue weighted by atomic mass is 16.5. The molecule has 0 aromatic carbocycles. The SMILES string of the molecule is Cc1cn(CC(=O)N2CCOC[C@@H]2CC(=O)NC2CCC2)c(=O)[nH]c1=O. The Labute approximate surface area is 150 Å². The first-order chi connectivity index (χ1) is 12.4. The Balaban J connectivity index is 1.65. The van der Waals surface area contributed by atoms with E-state index in [1.165, 1.54) is 10.8 Å². The lowest BCUT2D eigenvalue weighted by atomic mass is 9.93. The van der Waals surface area contributed by atoms with Crippen LogP contribution in [0.25, 0.3) is 0 Å². The Hall–Kier alpha value is -2.42. The minimum atomic E-state index is -0.624. The maximum absolute atomic E-state index is 12.7. The largest absolute Gasteiger partial charge is 0.377 e. The van der Waals surface area contributed by atoms with Crippen LogP contribution in [0.3, 0.4) is 0 Å². The maximum atomic E-state index is 12.7. The molecule has 2 amide bonds. The molecule has 0 spiro atoms. The van der Waals surface area contributed by atoms with E-state index in [2.05, 4.69) is 10.3 Å².